The molecule has 1 aromatic carbocycles. The molecule has 0 spiro atoms. The molecule has 3 rings (SSSR count). The van der Waals surface area contributed by atoms with Crippen LogP contribution in [0.15, 0.2) is 24.3 Å². The predicted molar refractivity (Wildman–Crippen MR) is 109 cm³/mol. The number of rotatable bonds is 6. The molecule has 1 atom stereocenters. The van der Waals surface area contributed by atoms with E-state index in [4.69, 9.17) is 9.47 Å². The molecule has 2 amide bonds. The third-order valence-electron chi connectivity index (χ3n) is 5.12. The minimum absolute atomic E-state index is 0.000424. The highest BCUT2D eigenvalue weighted by molar-refractivity contribution is 5.69. The van der Waals surface area contributed by atoms with Crippen LogP contribution < -0.4 is 0 Å². The summed E-state index contributed by atoms with van der Waals surface area (Å²) in [6, 6.07) is 6.15. The van der Waals surface area contributed by atoms with Crippen molar-refractivity contribution in [1.82, 2.24) is 9.80 Å². The molecule has 0 bridgehead atoms. The van der Waals surface area contributed by atoms with E-state index >= 15 is 0 Å². The first-order valence-electron chi connectivity index (χ1n) is 10.3. The number of hydrogen-bond donors (Lipinski definition) is 0. The van der Waals surface area contributed by atoms with Gasteiger partial charge in [0.2, 0.25) is 0 Å². The molecule has 1 saturated carbocycles. The first-order valence-corrected chi connectivity index (χ1v) is 10.3. The number of amides is 2. The summed E-state index contributed by atoms with van der Waals surface area (Å²) < 4.78 is 10.9. The number of carbonyl (C=O) groups is 2. The van der Waals surface area contributed by atoms with Gasteiger partial charge in [0, 0.05) is 37.8 Å². The number of nitro groups is 1. The SMILES string of the molecule is CC(C)(C)OC(=O)N1CC[C@H](CN(C(=O)OCc2ccc([N+](=O)[O-])cc2)C2CC2)C1. The minimum atomic E-state index is -0.531. The summed E-state index contributed by atoms with van der Waals surface area (Å²) in [5.74, 6) is 0.185. The van der Waals surface area contributed by atoms with Crippen molar-refractivity contribution >= 4 is 17.9 Å². The van der Waals surface area contributed by atoms with Crippen LogP contribution >= 0.6 is 0 Å². The van der Waals surface area contributed by atoms with Crippen molar-refractivity contribution in [2.75, 3.05) is 19.6 Å². The molecule has 9 nitrogen and oxygen atoms in total. The van der Waals surface area contributed by atoms with Gasteiger partial charge in [-0.05, 0) is 63.6 Å². The van der Waals surface area contributed by atoms with Gasteiger partial charge in [0.05, 0.1) is 4.92 Å². The molecule has 0 aromatic heterocycles. The Labute approximate surface area is 176 Å². The summed E-state index contributed by atoms with van der Waals surface area (Å²) in [7, 11) is 0. The van der Waals surface area contributed by atoms with Gasteiger partial charge < -0.3 is 19.3 Å². The highest BCUT2D eigenvalue weighted by Crippen LogP contribution is 2.30. The van der Waals surface area contributed by atoms with Gasteiger partial charge in [-0.15, -0.1) is 0 Å². The smallest absolute Gasteiger partial charge is 0.410 e. The number of ether oxygens (including phenoxy) is 2. The van der Waals surface area contributed by atoms with Crippen LogP contribution in [0.25, 0.3) is 0 Å². The van der Waals surface area contributed by atoms with Crippen LogP contribution in [0.5, 0.6) is 0 Å². The fraction of sp³-hybridized carbons (Fsp3) is 0.619. The molecule has 0 unspecified atom stereocenters. The maximum absolute atomic E-state index is 12.7. The largest absolute Gasteiger partial charge is 0.445 e. The van der Waals surface area contributed by atoms with Gasteiger partial charge in [-0.3, -0.25) is 10.1 Å². The molecule has 164 valence electrons. The van der Waals surface area contributed by atoms with Crippen LogP contribution in [0.3, 0.4) is 0 Å². The Balaban J connectivity index is 1.50. The van der Waals surface area contributed by atoms with Crippen LogP contribution in [-0.2, 0) is 16.1 Å². The van der Waals surface area contributed by atoms with E-state index in [-0.39, 0.29) is 36.4 Å². The van der Waals surface area contributed by atoms with E-state index in [1.165, 1.54) is 12.1 Å². The van der Waals surface area contributed by atoms with Gasteiger partial charge in [0.1, 0.15) is 12.2 Å². The molecule has 1 aliphatic carbocycles. The molecule has 2 fully saturated rings. The molecule has 1 aliphatic heterocycles. The lowest BCUT2D eigenvalue weighted by Crippen LogP contribution is -2.39. The van der Waals surface area contributed by atoms with E-state index in [1.54, 1.807) is 21.9 Å². The van der Waals surface area contributed by atoms with Gasteiger partial charge in [-0.2, -0.15) is 0 Å². The van der Waals surface area contributed by atoms with E-state index in [1.807, 2.05) is 20.8 Å². The van der Waals surface area contributed by atoms with E-state index < -0.39 is 10.5 Å². The van der Waals surface area contributed by atoms with E-state index in [0.29, 0.717) is 25.2 Å². The average Bonchev–Trinajstić information content (AvgIpc) is 3.40. The van der Waals surface area contributed by atoms with Crippen molar-refractivity contribution in [3.8, 4) is 0 Å². The Morgan fingerprint density at radius 3 is 2.43 bits per heavy atom. The number of benzene rings is 1. The fourth-order valence-corrected chi connectivity index (χ4v) is 3.45. The summed E-state index contributed by atoms with van der Waals surface area (Å²) in [6.07, 6.45) is 2.03. The lowest BCUT2D eigenvalue weighted by Gasteiger charge is -2.26. The predicted octanol–water partition coefficient (Wildman–Crippen LogP) is 3.95. The summed E-state index contributed by atoms with van der Waals surface area (Å²) >= 11 is 0. The monoisotopic (exact) mass is 419 g/mol. The summed E-state index contributed by atoms with van der Waals surface area (Å²) in [6.45, 7) is 7.32. The lowest BCUT2D eigenvalue weighted by atomic mass is 10.1. The number of likely N-dealkylation sites (tertiary alicyclic amines) is 1. The molecular formula is C21H29N3O6. The third kappa shape index (κ3) is 6.08. The maximum Gasteiger partial charge on any atom is 0.410 e. The highest BCUT2D eigenvalue weighted by atomic mass is 16.6. The maximum atomic E-state index is 12.7. The summed E-state index contributed by atoms with van der Waals surface area (Å²) in [5, 5.41) is 10.7. The van der Waals surface area contributed by atoms with E-state index in [0.717, 1.165) is 19.3 Å². The van der Waals surface area contributed by atoms with Crippen molar-refractivity contribution < 1.29 is 24.0 Å². The second kappa shape index (κ2) is 8.89. The number of non-ortho nitro benzene ring substituents is 1. The Morgan fingerprint density at radius 1 is 1.20 bits per heavy atom. The van der Waals surface area contributed by atoms with Crippen LogP contribution in [0.4, 0.5) is 15.3 Å². The van der Waals surface area contributed by atoms with Crippen LogP contribution in [0, 0.1) is 16.0 Å². The molecule has 1 saturated heterocycles. The van der Waals surface area contributed by atoms with E-state index in [9.17, 15) is 19.7 Å². The normalized spacial score (nSPS) is 18.8. The second-order valence-electron chi connectivity index (χ2n) is 8.94. The molecule has 30 heavy (non-hydrogen) atoms. The van der Waals surface area contributed by atoms with Crippen molar-refractivity contribution in [2.24, 2.45) is 5.92 Å². The zero-order chi connectivity index (χ0) is 21.9. The lowest BCUT2D eigenvalue weighted by molar-refractivity contribution is -0.384. The highest BCUT2D eigenvalue weighted by Gasteiger charge is 2.38. The first-order chi connectivity index (χ1) is 14.1. The van der Waals surface area contributed by atoms with Crippen LogP contribution in [0.1, 0.15) is 45.6 Å². The Morgan fingerprint density at radius 2 is 1.87 bits per heavy atom. The Hall–Kier alpha value is -2.84. The van der Waals surface area contributed by atoms with Crippen molar-refractivity contribution in [2.45, 2.75) is 58.3 Å². The summed E-state index contributed by atoms with van der Waals surface area (Å²) in [5.41, 5.74) is 0.166. The first kappa shape index (κ1) is 21.9. The molecule has 1 heterocycles. The molecule has 0 radical (unpaired) electrons. The quantitative estimate of drug-likeness (QED) is 0.511. The number of nitro benzene ring substituents is 1. The standard InChI is InChI=1S/C21H29N3O6/c1-21(2,3)30-19(25)22-11-10-16(12-22)13-23(17-8-9-17)20(26)29-14-15-4-6-18(7-5-15)24(27)28/h4-7,16-17H,8-14H2,1-3H3/t16-/m0/s1. The molecular weight excluding hydrogens is 390 g/mol. The Kier molecular flexibility index (Phi) is 6.48. The zero-order valence-corrected chi connectivity index (χ0v) is 17.7. The third-order valence-corrected chi connectivity index (χ3v) is 5.12. The number of nitrogens with zero attached hydrogens (tertiary/aromatic N) is 3. The van der Waals surface area contributed by atoms with Crippen molar-refractivity contribution in [1.29, 1.82) is 0 Å². The van der Waals surface area contributed by atoms with Crippen LogP contribution in [-0.4, -0.2) is 58.2 Å². The van der Waals surface area contributed by atoms with Gasteiger partial charge in [-0.25, -0.2) is 9.59 Å². The van der Waals surface area contributed by atoms with E-state index in [2.05, 4.69) is 0 Å². The number of carbonyl (C=O) groups excluding carboxylic acids is 2. The molecule has 2 aliphatic rings. The minimum Gasteiger partial charge on any atom is -0.445 e. The molecule has 1 aromatic rings. The fourth-order valence-electron chi connectivity index (χ4n) is 3.45. The topological polar surface area (TPSA) is 102 Å². The zero-order valence-electron chi connectivity index (χ0n) is 17.7. The molecule has 0 N–H and O–H groups in total. The summed E-state index contributed by atoms with van der Waals surface area (Å²) in [4.78, 5) is 38.6. The second-order valence-corrected chi connectivity index (χ2v) is 8.94. The van der Waals surface area contributed by atoms with Gasteiger partial charge in [-0.1, -0.05) is 0 Å². The van der Waals surface area contributed by atoms with Crippen LogP contribution in [0.2, 0.25) is 0 Å². The average molecular weight is 419 g/mol. The van der Waals surface area contributed by atoms with Gasteiger partial charge in [0.15, 0.2) is 0 Å². The number of hydrogen-bond acceptors (Lipinski definition) is 6. The molecule has 9 heteroatoms. The van der Waals surface area contributed by atoms with Crippen molar-refractivity contribution in [3.63, 3.8) is 0 Å². The Bertz CT molecular complexity index is 785. The van der Waals surface area contributed by atoms with Gasteiger partial charge >= 0.3 is 12.2 Å². The van der Waals surface area contributed by atoms with Gasteiger partial charge in [0.25, 0.3) is 5.69 Å². The van der Waals surface area contributed by atoms with Crippen molar-refractivity contribution in [3.05, 3.63) is 39.9 Å².